The first-order valence-electron chi connectivity index (χ1n) is 7.70. The second-order valence-electron chi connectivity index (χ2n) is 6.21. The van der Waals surface area contributed by atoms with Crippen LogP contribution in [0.1, 0.15) is 35.3 Å². The van der Waals surface area contributed by atoms with Crippen LogP contribution in [0.15, 0.2) is 48.5 Å². The highest BCUT2D eigenvalue weighted by Crippen LogP contribution is 2.45. The van der Waals surface area contributed by atoms with Crippen molar-refractivity contribution in [2.75, 3.05) is 4.90 Å². The number of fused-ring (bicyclic) bond motifs is 4. The smallest absolute Gasteiger partial charge is 0.335 e. The Kier molecular flexibility index (Phi) is 3.25. The number of ether oxygens (including phenoxy) is 1. The molecule has 122 valence electrons. The Labute approximate surface area is 144 Å². The molecule has 0 aliphatic carbocycles. The molecular weight excluding hydrogens is 324 g/mol. The topological polar surface area (TPSA) is 61.8 Å². The molecule has 2 aromatic rings. The van der Waals surface area contributed by atoms with Crippen molar-refractivity contribution in [2.45, 2.75) is 25.1 Å². The highest BCUT2D eigenvalue weighted by molar-refractivity contribution is 7.80. The molecule has 2 N–H and O–H groups in total. The maximum atomic E-state index is 11.0. The molecule has 0 aromatic heterocycles. The molecule has 2 heterocycles. The number of nitrogens with one attached hydrogen (secondary N) is 1. The first-order valence-corrected chi connectivity index (χ1v) is 8.11. The third-order valence-corrected chi connectivity index (χ3v) is 4.85. The maximum absolute atomic E-state index is 11.0. The third kappa shape index (κ3) is 2.22. The number of carboxylic acids is 1. The van der Waals surface area contributed by atoms with Gasteiger partial charge in [0, 0.05) is 17.7 Å². The highest BCUT2D eigenvalue weighted by atomic mass is 32.1. The number of thiocarbonyl (C=S) groups is 1. The monoisotopic (exact) mass is 340 g/mol. The summed E-state index contributed by atoms with van der Waals surface area (Å²) < 4.78 is 6.29. The fraction of sp³-hybridized carbons (Fsp3) is 0.222. The highest BCUT2D eigenvalue weighted by Gasteiger charge is 2.48. The molecule has 0 amide bonds. The van der Waals surface area contributed by atoms with Gasteiger partial charge in [-0.15, -0.1) is 0 Å². The minimum atomic E-state index is -0.949. The van der Waals surface area contributed by atoms with E-state index in [-0.39, 0.29) is 11.6 Å². The summed E-state index contributed by atoms with van der Waals surface area (Å²) in [5, 5.41) is 13.0. The average molecular weight is 340 g/mol. The quantitative estimate of drug-likeness (QED) is 0.818. The predicted molar refractivity (Wildman–Crippen MR) is 94.4 cm³/mol. The first-order chi connectivity index (χ1) is 11.5. The Morgan fingerprint density at radius 1 is 1.29 bits per heavy atom. The molecule has 0 spiro atoms. The fourth-order valence-corrected chi connectivity index (χ4v) is 3.91. The third-order valence-electron chi connectivity index (χ3n) is 4.55. The number of hydrogen-bond donors (Lipinski definition) is 2. The van der Waals surface area contributed by atoms with Gasteiger partial charge in [-0.3, -0.25) is 4.90 Å². The molecule has 1 saturated heterocycles. The van der Waals surface area contributed by atoms with Crippen LogP contribution in [-0.2, 0) is 0 Å². The molecule has 2 atom stereocenters. The van der Waals surface area contributed by atoms with Crippen LogP contribution in [0.2, 0.25) is 0 Å². The van der Waals surface area contributed by atoms with Gasteiger partial charge in [0.15, 0.2) is 10.8 Å². The lowest BCUT2D eigenvalue weighted by Gasteiger charge is -2.52. The second kappa shape index (κ2) is 5.21. The van der Waals surface area contributed by atoms with Crippen molar-refractivity contribution >= 4 is 29.0 Å². The standard InChI is InChI=1S/C18H16N2O3S/c1-18-10-14(13-4-2-3-5-15(13)23-18)19-17(24)20(18)12-8-6-11(7-9-12)16(21)22/h2-9,14H,10H2,1H3,(H,19,24)(H,21,22)/t14-,18+/m0/s1. The van der Waals surface area contributed by atoms with Crippen LogP contribution in [0.3, 0.4) is 0 Å². The summed E-state index contributed by atoms with van der Waals surface area (Å²) >= 11 is 5.57. The van der Waals surface area contributed by atoms with Crippen LogP contribution in [0, 0.1) is 0 Å². The van der Waals surface area contributed by atoms with Gasteiger partial charge in [0.1, 0.15) is 5.75 Å². The van der Waals surface area contributed by atoms with E-state index in [0.29, 0.717) is 5.11 Å². The molecule has 24 heavy (non-hydrogen) atoms. The van der Waals surface area contributed by atoms with Crippen LogP contribution >= 0.6 is 12.2 Å². The summed E-state index contributed by atoms with van der Waals surface area (Å²) in [6, 6.07) is 14.7. The summed E-state index contributed by atoms with van der Waals surface area (Å²) in [6.45, 7) is 2.01. The van der Waals surface area contributed by atoms with E-state index in [1.807, 2.05) is 36.1 Å². The fourth-order valence-electron chi connectivity index (χ4n) is 3.47. The van der Waals surface area contributed by atoms with Gasteiger partial charge in [-0.25, -0.2) is 4.79 Å². The molecule has 2 aromatic carbocycles. The second-order valence-corrected chi connectivity index (χ2v) is 6.60. The van der Waals surface area contributed by atoms with Gasteiger partial charge in [0.25, 0.3) is 0 Å². The van der Waals surface area contributed by atoms with E-state index in [0.717, 1.165) is 23.4 Å². The Hall–Kier alpha value is -2.60. The van der Waals surface area contributed by atoms with Gasteiger partial charge in [-0.05, 0) is 49.5 Å². The maximum Gasteiger partial charge on any atom is 0.335 e. The molecule has 5 nitrogen and oxygen atoms in total. The molecule has 1 fully saturated rings. The lowest BCUT2D eigenvalue weighted by Crippen LogP contribution is -2.65. The van der Waals surface area contributed by atoms with Crippen molar-refractivity contribution in [2.24, 2.45) is 0 Å². The normalized spacial score (nSPS) is 24.6. The van der Waals surface area contributed by atoms with Crippen LogP contribution < -0.4 is 15.0 Å². The zero-order valence-electron chi connectivity index (χ0n) is 13.0. The van der Waals surface area contributed by atoms with Crippen molar-refractivity contribution < 1.29 is 14.6 Å². The van der Waals surface area contributed by atoms with Crippen LogP contribution in [0.4, 0.5) is 5.69 Å². The molecular formula is C18H16N2O3S. The Morgan fingerprint density at radius 2 is 2.00 bits per heavy atom. The number of nitrogens with zero attached hydrogens (tertiary/aromatic N) is 1. The zero-order chi connectivity index (χ0) is 16.9. The summed E-state index contributed by atoms with van der Waals surface area (Å²) in [7, 11) is 0. The molecule has 2 aliphatic heterocycles. The van der Waals surface area contributed by atoms with Crippen molar-refractivity contribution in [3.8, 4) is 5.75 Å². The largest absolute Gasteiger partial charge is 0.478 e. The molecule has 2 bridgehead atoms. The lowest BCUT2D eigenvalue weighted by atomic mass is 9.90. The average Bonchev–Trinajstić information content (AvgIpc) is 2.54. The minimum absolute atomic E-state index is 0.113. The Balaban J connectivity index is 1.75. The van der Waals surface area contributed by atoms with Gasteiger partial charge in [0.05, 0.1) is 11.6 Å². The van der Waals surface area contributed by atoms with E-state index in [4.69, 9.17) is 22.1 Å². The van der Waals surface area contributed by atoms with Crippen LogP contribution in [-0.4, -0.2) is 21.9 Å². The summed E-state index contributed by atoms with van der Waals surface area (Å²) in [5.41, 5.74) is 1.54. The lowest BCUT2D eigenvalue weighted by molar-refractivity contribution is 0.0498. The van der Waals surface area contributed by atoms with Crippen molar-refractivity contribution in [1.82, 2.24) is 5.32 Å². The molecule has 6 heteroatoms. The van der Waals surface area contributed by atoms with Crippen molar-refractivity contribution in [3.63, 3.8) is 0 Å². The SMILES string of the molecule is C[C@@]12C[C@H](NC(=S)N1c1ccc(C(=O)O)cc1)c1ccccc1O2. The number of carboxylic acid groups (broad SMARTS) is 1. The predicted octanol–water partition coefficient (Wildman–Crippen LogP) is 3.32. The summed E-state index contributed by atoms with van der Waals surface area (Å²) in [5.74, 6) is -0.103. The molecule has 2 aliphatic rings. The van der Waals surface area contributed by atoms with E-state index >= 15 is 0 Å². The van der Waals surface area contributed by atoms with Crippen molar-refractivity contribution in [3.05, 3.63) is 59.7 Å². The van der Waals surface area contributed by atoms with Crippen LogP contribution in [0.25, 0.3) is 0 Å². The van der Waals surface area contributed by atoms with E-state index in [9.17, 15) is 4.79 Å². The Morgan fingerprint density at radius 3 is 2.71 bits per heavy atom. The number of hydrogen-bond acceptors (Lipinski definition) is 3. The number of anilines is 1. The number of rotatable bonds is 2. The van der Waals surface area contributed by atoms with E-state index in [1.54, 1.807) is 24.3 Å². The van der Waals surface area contributed by atoms with Gasteiger partial charge < -0.3 is 15.2 Å². The Bertz CT molecular complexity index is 836. The summed E-state index contributed by atoms with van der Waals surface area (Å²) in [6.07, 6.45) is 0.741. The number of para-hydroxylation sites is 1. The molecule has 0 saturated carbocycles. The molecule has 0 unspecified atom stereocenters. The minimum Gasteiger partial charge on any atom is -0.478 e. The number of benzene rings is 2. The van der Waals surface area contributed by atoms with E-state index in [2.05, 4.69) is 5.32 Å². The molecule has 4 rings (SSSR count). The van der Waals surface area contributed by atoms with Gasteiger partial charge >= 0.3 is 5.97 Å². The van der Waals surface area contributed by atoms with Crippen molar-refractivity contribution in [1.29, 1.82) is 0 Å². The number of carbonyl (C=O) groups is 1. The number of aromatic carboxylic acids is 1. The van der Waals surface area contributed by atoms with E-state index in [1.165, 1.54) is 0 Å². The zero-order valence-corrected chi connectivity index (χ0v) is 13.8. The van der Waals surface area contributed by atoms with Gasteiger partial charge in [-0.2, -0.15) is 0 Å². The first kappa shape index (κ1) is 15.0. The van der Waals surface area contributed by atoms with Gasteiger partial charge in [-0.1, -0.05) is 18.2 Å². The van der Waals surface area contributed by atoms with Crippen LogP contribution in [0.5, 0.6) is 5.75 Å². The van der Waals surface area contributed by atoms with E-state index < -0.39 is 11.7 Å². The molecule has 0 radical (unpaired) electrons. The summed E-state index contributed by atoms with van der Waals surface area (Å²) in [4.78, 5) is 13.0. The van der Waals surface area contributed by atoms with Gasteiger partial charge in [0.2, 0.25) is 0 Å².